The van der Waals surface area contributed by atoms with E-state index in [-0.39, 0.29) is 27.7 Å². The fraction of sp³-hybridized carbons (Fsp3) is 0.146. The van der Waals surface area contributed by atoms with Gasteiger partial charge in [0.2, 0.25) is 0 Å². The van der Waals surface area contributed by atoms with E-state index in [4.69, 9.17) is 27.8 Å². The number of aromatic amines is 1. The molecule has 0 saturated carbocycles. The summed E-state index contributed by atoms with van der Waals surface area (Å²) in [7, 11) is -4.55. The molecule has 6 aromatic rings. The van der Waals surface area contributed by atoms with Crippen LogP contribution in [0, 0.1) is 0 Å². The number of phosphoric ester groups is 1. The Bertz CT molecular complexity index is 2400. The van der Waals surface area contributed by atoms with Crippen LogP contribution in [0.15, 0.2) is 166 Å². The van der Waals surface area contributed by atoms with E-state index in [9.17, 15) is 23.7 Å². The third-order valence-electron chi connectivity index (χ3n) is 8.39. The van der Waals surface area contributed by atoms with Gasteiger partial charge in [-0.25, -0.2) is 18.9 Å². The van der Waals surface area contributed by atoms with E-state index < -0.39 is 62.2 Å². The van der Waals surface area contributed by atoms with Crippen molar-refractivity contribution in [2.24, 2.45) is 0 Å². The molecule has 0 amide bonds. The van der Waals surface area contributed by atoms with Crippen LogP contribution in [0.1, 0.15) is 32.5 Å². The van der Waals surface area contributed by atoms with Crippen LogP contribution in [0.4, 0.5) is 0 Å². The van der Waals surface area contributed by atoms with Gasteiger partial charge in [0.25, 0.3) is 5.56 Å². The molecular weight excluding hydrogens is 774 g/mol. The third-order valence-corrected chi connectivity index (χ3v) is 10.7. The number of aromatic nitrogens is 3. The first kappa shape index (κ1) is 39.0. The number of hydrogen-bond acceptors (Lipinski definition) is 13. The number of hydrogen-bond donors (Lipinski definition) is 1. The monoisotopic (exact) mass is 807 g/mol. The Kier molecular flexibility index (Phi) is 12.4. The Hall–Kier alpha value is -6.25. The predicted octanol–water partition coefficient (Wildman–Crippen LogP) is 6.86. The van der Waals surface area contributed by atoms with Crippen LogP contribution in [0.2, 0.25) is 0 Å². The number of phosphoric acid groups is 1. The van der Waals surface area contributed by atoms with Gasteiger partial charge in [-0.05, 0) is 54.1 Å². The quantitative estimate of drug-likeness (QED) is 0.0649. The number of carbonyl (C=O) groups excluding carboxylic acids is 2. The molecule has 1 aliphatic heterocycles. The lowest BCUT2D eigenvalue weighted by molar-refractivity contribution is -0.0669. The van der Waals surface area contributed by atoms with E-state index in [0.717, 1.165) is 22.0 Å². The molecule has 7 rings (SSSR count). The van der Waals surface area contributed by atoms with Gasteiger partial charge in [-0.15, -0.1) is 0 Å². The van der Waals surface area contributed by atoms with Gasteiger partial charge in [0, 0.05) is 5.75 Å². The molecule has 14 nitrogen and oxygen atoms in total. The van der Waals surface area contributed by atoms with Gasteiger partial charge >= 0.3 is 25.5 Å². The molecule has 1 aliphatic rings. The number of ether oxygens (including phenoxy) is 3. The maximum absolute atomic E-state index is 14.4. The summed E-state index contributed by atoms with van der Waals surface area (Å²) in [4.78, 5) is 56.1. The van der Waals surface area contributed by atoms with Crippen molar-refractivity contribution in [3.63, 3.8) is 0 Å². The van der Waals surface area contributed by atoms with Gasteiger partial charge in [0.05, 0.1) is 17.7 Å². The molecule has 1 saturated heterocycles. The molecule has 0 radical (unpaired) electrons. The van der Waals surface area contributed by atoms with Gasteiger partial charge in [-0.3, -0.25) is 14.3 Å². The lowest BCUT2D eigenvalue weighted by Gasteiger charge is -2.25. The van der Waals surface area contributed by atoms with E-state index in [2.05, 4.69) is 10.1 Å². The highest BCUT2D eigenvalue weighted by Gasteiger charge is 2.53. The summed E-state index contributed by atoms with van der Waals surface area (Å²) >= 11 is 1.06. The fourth-order valence-electron chi connectivity index (χ4n) is 5.69. The summed E-state index contributed by atoms with van der Waals surface area (Å²) in [5.74, 6) is -1.03. The van der Waals surface area contributed by atoms with E-state index in [1.54, 1.807) is 97.1 Å². The molecule has 290 valence electrons. The highest BCUT2D eigenvalue weighted by Crippen LogP contribution is 2.50. The minimum absolute atomic E-state index is 0.0928. The normalized spacial score (nSPS) is 17.7. The molecule has 16 heteroatoms. The first-order valence-corrected chi connectivity index (χ1v) is 20.0. The van der Waals surface area contributed by atoms with Gasteiger partial charge in [0.1, 0.15) is 17.6 Å². The van der Waals surface area contributed by atoms with E-state index >= 15 is 0 Å². The van der Waals surface area contributed by atoms with Crippen LogP contribution in [0.5, 0.6) is 11.5 Å². The van der Waals surface area contributed by atoms with Crippen molar-refractivity contribution >= 4 is 31.5 Å². The van der Waals surface area contributed by atoms with E-state index in [1.807, 2.05) is 30.3 Å². The number of thioether (sulfide) groups is 1. The second-order valence-electron chi connectivity index (χ2n) is 12.4. The molecule has 0 bridgehead atoms. The molecule has 2 heterocycles. The molecular formula is C41H34N3O11PS. The second-order valence-corrected chi connectivity index (χ2v) is 14.9. The van der Waals surface area contributed by atoms with Crippen LogP contribution in [-0.2, 0) is 29.1 Å². The SMILES string of the molecule is O=C(O[C@H]1[C@H](OC(=O)c2ccccc2)[C@H](n2nc(SCc3ccccc3)c(=O)[nH]c2=O)O[C@H]1COP(=O)(Oc1ccccc1)Oc1ccccc1)c1ccccc1. The highest BCUT2D eigenvalue weighted by molar-refractivity contribution is 7.98. The largest absolute Gasteiger partial charge is 0.587 e. The number of nitrogens with zero attached hydrogens (tertiary/aromatic N) is 2. The minimum Gasteiger partial charge on any atom is -0.452 e. The highest BCUT2D eigenvalue weighted by atomic mass is 32.2. The van der Waals surface area contributed by atoms with Crippen LogP contribution < -0.4 is 20.3 Å². The average molecular weight is 808 g/mol. The Morgan fingerprint density at radius 1 is 0.684 bits per heavy atom. The van der Waals surface area contributed by atoms with Crippen molar-refractivity contribution in [1.82, 2.24) is 14.8 Å². The zero-order chi connectivity index (χ0) is 39.6. The van der Waals surface area contributed by atoms with Gasteiger partial charge in [-0.2, -0.15) is 9.78 Å². The molecule has 1 aromatic heterocycles. The second kappa shape index (κ2) is 18.1. The molecule has 57 heavy (non-hydrogen) atoms. The zero-order valence-electron chi connectivity index (χ0n) is 29.9. The van der Waals surface area contributed by atoms with E-state index in [0.29, 0.717) is 5.75 Å². The van der Waals surface area contributed by atoms with Crippen LogP contribution >= 0.6 is 19.6 Å². The van der Waals surface area contributed by atoms with Gasteiger partial charge in [-0.1, -0.05) is 115 Å². The molecule has 1 fully saturated rings. The van der Waals surface area contributed by atoms with Crippen molar-refractivity contribution < 1.29 is 41.9 Å². The van der Waals surface area contributed by atoms with Crippen molar-refractivity contribution in [1.29, 1.82) is 0 Å². The molecule has 0 spiro atoms. The predicted molar refractivity (Wildman–Crippen MR) is 208 cm³/mol. The van der Waals surface area contributed by atoms with Crippen molar-refractivity contribution in [2.45, 2.75) is 35.3 Å². The number of esters is 2. The summed E-state index contributed by atoms with van der Waals surface area (Å²) in [6.45, 7) is -0.646. The summed E-state index contributed by atoms with van der Waals surface area (Å²) < 4.78 is 51.0. The Balaban J connectivity index is 1.26. The van der Waals surface area contributed by atoms with Crippen LogP contribution in [0.25, 0.3) is 0 Å². The number of nitrogens with one attached hydrogen (secondary N) is 1. The maximum Gasteiger partial charge on any atom is 0.587 e. The van der Waals surface area contributed by atoms with Gasteiger partial charge < -0.3 is 23.3 Å². The summed E-state index contributed by atoms with van der Waals surface area (Å²) in [5.41, 5.74) is -0.578. The number of benzene rings is 5. The number of rotatable bonds is 15. The lowest BCUT2D eigenvalue weighted by Crippen LogP contribution is -2.44. The summed E-state index contributed by atoms with van der Waals surface area (Å²) in [6.07, 6.45) is -6.10. The smallest absolute Gasteiger partial charge is 0.452 e. The fourth-order valence-corrected chi connectivity index (χ4v) is 7.74. The molecule has 5 aromatic carbocycles. The standard InChI is InChI=1S/C41H34N3O11PS/c45-36-37(57-27-28-16-6-1-7-17-28)43-44(41(48)42-36)38-35(53-40(47)30-20-10-3-11-21-30)34(52-39(46)29-18-8-2-9-19-29)33(51-38)26-50-56(49,54-31-22-12-4-13-23-31)55-32-24-14-5-15-25-32/h1-25,33-35,38H,26-27H2,(H,42,45,48)/t33-,34+,35-,38+/m0/s1. The number of carbonyl (C=O) groups is 2. The first-order chi connectivity index (χ1) is 27.7. The van der Waals surface area contributed by atoms with Crippen molar-refractivity contribution in [3.05, 3.63) is 189 Å². The molecule has 0 unspecified atom stereocenters. The first-order valence-electron chi connectivity index (χ1n) is 17.6. The van der Waals surface area contributed by atoms with Crippen molar-refractivity contribution in [3.8, 4) is 11.5 Å². The molecule has 4 atom stereocenters. The minimum atomic E-state index is -4.55. The summed E-state index contributed by atoms with van der Waals surface area (Å²) in [5, 5.41) is 4.25. The number of para-hydroxylation sites is 2. The van der Waals surface area contributed by atoms with Gasteiger partial charge in [0.15, 0.2) is 23.5 Å². The number of H-pyrrole nitrogens is 1. The molecule has 0 aliphatic carbocycles. The lowest BCUT2D eigenvalue weighted by atomic mass is 10.1. The topological polar surface area (TPSA) is 174 Å². The van der Waals surface area contributed by atoms with Crippen LogP contribution in [-0.4, -0.2) is 51.6 Å². The average Bonchev–Trinajstić information content (AvgIpc) is 3.56. The van der Waals surface area contributed by atoms with Crippen LogP contribution in [0.3, 0.4) is 0 Å². The Morgan fingerprint density at radius 2 is 1.16 bits per heavy atom. The maximum atomic E-state index is 14.4. The Morgan fingerprint density at radius 3 is 1.68 bits per heavy atom. The third kappa shape index (κ3) is 9.95. The zero-order valence-corrected chi connectivity index (χ0v) is 31.6. The Labute approximate surface area is 329 Å². The summed E-state index contributed by atoms with van der Waals surface area (Å²) in [6, 6.07) is 41.7. The van der Waals surface area contributed by atoms with E-state index in [1.165, 1.54) is 24.3 Å². The molecule has 1 N–H and O–H groups in total. The van der Waals surface area contributed by atoms with Crippen molar-refractivity contribution in [2.75, 3.05) is 6.61 Å².